The average molecular weight is 253 g/mol. The van der Waals surface area contributed by atoms with E-state index in [4.69, 9.17) is 0 Å². The molecule has 1 aromatic heterocycles. The Labute approximate surface area is 91.1 Å². The minimum atomic E-state index is -0.165. The number of pyridine rings is 1. The molecule has 72 valence electrons. The highest BCUT2D eigenvalue weighted by molar-refractivity contribution is 9.10. The molecule has 1 N–H and O–H groups in total. The summed E-state index contributed by atoms with van der Waals surface area (Å²) in [7, 11) is 0. The van der Waals surface area contributed by atoms with E-state index in [0.717, 1.165) is 4.47 Å². The third-order valence-corrected chi connectivity index (χ3v) is 1.91. The van der Waals surface area contributed by atoms with E-state index >= 15 is 0 Å². The molecule has 0 saturated heterocycles. The summed E-state index contributed by atoms with van der Waals surface area (Å²) >= 11 is 3.24. The van der Waals surface area contributed by atoms with Crippen molar-refractivity contribution in [3.05, 3.63) is 28.5 Å². The lowest BCUT2D eigenvalue weighted by Crippen LogP contribution is -2.23. The molecule has 1 amide bonds. The lowest BCUT2D eigenvalue weighted by molar-refractivity contribution is 0.0958. The largest absolute Gasteiger partial charge is 0.341 e. The molecule has 0 aromatic carbocycles. The standard InChI is InChI=1S/C10H9BrN2O/c1-2-3-4-13-10(14)8-5-9(11)7-12-6-8/h5-7H,4H2,1H3,(H,13,14). The summed E-state index contributed by atoms with van der Waals surface area (Å²) in [5.41, 5.74) is 0.525. The molecule has 1 heterocycles. The summed E-state index contributed by atoms with van der Waals surface area (Å²) in [6.07, 6.45) is 3.14. The molecule has 0 bridgehead atoms. The number of hydrogen-bond acceptors (Lipinski definition) is 2. The fourth-order valence-corrected chi connectivity index (χ4v) is 1.22. The molecule has 0 radical (unpaired) electrons. The van der Waals surface area contributed by atoms with Crippen LogP contribution in [0, 0.1) is 11.8 Å². The zero-order chi connectivity index (χ0) is 10.4. The average Bonchev–Trinajstić information content (AvgIpc) is 2.18. The van der Waals surface area contributed by atoms with Gasteiger partial charge in [-0.25, -0.2) is 0 Å². The number of amides is 1. The van der Waals surface area contributed by atoms with Crippen LogP contribution in [0.3, 0.4) is 0 Å². The molecular weight excluding hydrogens is 244 g/mol. The predicted octanol–water partition coefficient (Wildman–Crippen LogP) is 1.60. The molecule has 3 nitrogen and oxygen atoms in total. The minimum Gasteiger partial charge on any atom is -0.341 e. The van der Waals surface area contributed by atoms with Crippen LogP contribution in [-0.4, -0.2) is 17.4 Å². The SMILES string of the molecule is CC#CCNC(=O)c1cncc(Br)c1. The van der Waals surface area contributed by atoms with Crippen molar-refractivity contribution in [3.63, 3.8) is 0 Å². The van der Waals surface area contributed by atoms with Crippen LogP contribution in [0.25, 0.3) is 0 Å². The number of halogens is 1. The summed E-state index contributed by atoms with van der Waals surface area (Å²) in [6.45, 7) is 2.09. The van der Waals surface area contributed by atoms with Crippen molar-refractivity contribution < 1.29 is 4.79 Å². The molecule has 0 saturated carbocycles. The Morgan fingerprint density at radius 2 is 2.43 bits per heavy atom. The van der Waals surface area contributed by atoms with Gasteiger partial charge in [0.05, 0.1) is 12.1 Å². The first-order valence-corrected chi connectivity index (χ1v) is 4.81. The van der Waals surface area contributed by atoms with Crippen molar-refractivity contribution in [2.45, 2.75) is 6.92 Å². The summed E-state index contributed by atoms with van der Waals surface area (Å²) in [6, 6.07) is 1.71. The third kappa shape index (κ3) is 3.19. The molecule has 0 fully saturated rings. The zero-order valence-corrected chi connectivity index (χ0v) is 9.26. The van der Waals surface area contributed by atoms with Gasteiger partial charge in [-0.2, -0.15) is 0 Å². The number of hydrogen-bond donors (Lipinski definition) is 1. The molecule has 4 heteroatoms. The maximum atomic E-state index is 11.4. The molecule has 0 spiro atoms. The molecule has 14 heavy (non-hydrogen) atoms. The van der Waals surface area contributed by atoms with Crippen LogP contribution in [0.1, 0.15) is 17.3 Å². The van der Waals surface area contributed by atoms with Gasteiger partial charge in [-0.1, -0.05) is 5.92 Å². The van der Waals surface area contributed by atoms with E-state index in [-0.39, 0.29) is 5.91 Å². The number of nitrogens with one attached hydrogen (secondary N) is 1. The van der Waals surface area contributed by atoms with E-state index in [2.05, 4.69) is 38.1 Å². The Balaban J connectivity index is 2.63. The molecule has 0 aliphatic heterocycles. The molecule has 0 aliphatic carbocycles. The fraction of sp³-hybridized carbons (Fsp3) is 0.200. The molecule has 0 atom stereocenters. The van der Waals surface area contributed by atoms with E-state index in [1.807, 2.05) is 0 Å². The predicted molar refractivity (Wildman–Crippen MR) is 57.7 cm³/mol. The van der Waals surface area contributed by atoms with Gasteiger partial charge in [0.1, 0.15) is 0 Å². The third-order valence-electron chi connectivity index (χ3n) is 1.48. The Bertz CT molecular complexity index is 393. The highest BCUT2D eigenvalue weighted by Crippen LogP contribution is 2.08. The maximum Gasteiger partial charge on any atom is 0.253 e. The van der Waals surface area contributed by atoms with Crippen LogP contribution in [0.4, 0.5) is 0 Å². The van der Waals surface area contributed by atoms with E-state index in [1.165, 1.54) is 6.20 Å². The Kier molecular flexibility index (Phi) is 4.14. The summed E-state index contributed by atoms with van der Waals surface area (Å²) in [5, 5.41) is 2.65. The molecular formula is C10H9BrN2O. The van der Waals surface area contributed by atoms with Gasteiger partial charge in [-0.05, 0) is 28.9 Å². The number of aromatic nitrogens is 1. The normalized spacial score (nSPS) is 8.71. The van der Waals surface area contributed by atoms with Gasteiger partial charge in [0.15, 0.2) is 0 Å². The molecule has 1 rings (SSSR count). The lowest BCUT2D eigenvalue weighted by Gasteiger charge is -2.00. The second-order valence-corrected chi connectivity index (χ2v) is 3.42. The van der Waals surface area contributed by atoms with Gasteiger partial charge < -0.3 is 5.32 Å². The van der Waals surface area contributed by atoms with Gasteiger partial charge >= 0.3 is 0 Å². The van der Waals surface area contributed by atoms with Crippen LogP contribution in [-0.2, 0) is 0 Å². The Morgan fingerprint density at radius 3 is 3.07 bits per heavy atom. The highest BCUT2D eigenvalue weighted by atomic mass is 79.9. The van der Waals surface area contributed by atoms with Gasteiger partial charge in [0.25, 0.3) is 5.91 Å². The van der Waals surface area contributed by atoms with E-state index in [9.17, 15) is 4.79 Å². The van der Waals surface area contributed by atoms with Crippen LogP contribution in [0.2, 0.25) is 0 Å². The first kappa shape index (κ1) is 10.7. The van der Waals surface area contributed by atoms with E-state index in [0.29, 0.717) is 12.1 Å². The second kappa shape index (κ2) is 5.40. The zero-order valence-electron chi connectivity index (χ0n) is 7.67. The van der Waals surface area contributed by atoms with Gasteiger partial charge in [-0.3, -0.25) is 9.78 Å². The Hall–Kier alpha value is -1.34. The van der Waals surface area contributed by atoms with Gasteiger partial charge in [0.2, 0.25) is 0 Å². The van der Waals surface area contributed by atoms with Crippen LogP contribution in [0.5, 0.6) is 0 Å². The maximum absolute atomic E-state index is 11.4. The van der Waals surface area contributed by atoms with Gasteiger partial charge in [0, 0.05) is 16.9 Å². The van der Waals surface area contributed by atoms with Crippen molar-refractivity contribution in [1.29, 1.82) is 0 Å². The van der Waals surface area contributed by atoms with Crippen molar-refractivity contribution >= 4 is 21.8 Å². The number of carbonyl (C=O) groups is 1. The fourth-order valence-electron chi connectivity index (χ4n) is 0.851. The van der Waals surface area contributed by atoms with Gasteiger partial charge in [-0.15, -0.1) is 5.92 Å². The first-order valence-electron chi connectivity index (χ1n) is 4.02. The quantitative estimate of drug-likeness (QED) is 0.813. The molecule has 1 aromatic rings. The smallest absolute Gasteiger partial charge is 0.253 e. The summed E-state index contributed by atoms with van der Waals surface area (Å²) in [5.74, 6) is 5.28. The van der Waals surface area contributed by atoms with E-state index < -0.39 is 0 Å². The highest BCUT2D eigenvalue weighted by Gasteiger charge is 2.04. The summed E-state index contributed by atoms with van der Waals surface area (Å²) < 4.78 is 0.784. The van der Waals surface area contributed by atoms with E-state index in [1.54, 1.807) is 19.2 Å². The second-order valence-electron chi connectivity index (χ2n) is 2.50. The van der Waals surface area contributed by atoms with Crippen molar-refractivity contribution in [2.24, 2.45) is 0 Å². The monoisotopic (exact) mass is 252 g/mol. The molecule has 0 aliphatic rings. The van der Waals surface area contributed by atoms with Crippen molar-refractivity contribution in [3.8, 4) is 11.8 Å². The summed E-state index contributed by atoms with van der Waals surface area (Å²) in [4.78, 5) is 15.3. The number of rotatable bonds is 2. The van der Waals surface area contributed by atoms with Crippen LogP contribution >= 0.6 is 15.9 Å². The first-order chi connectivity index (χ1) is 6.74. The van der Waals surface area contributed by atoms with Crippen molar-refractivity contribution in [2.75, 3.05) is 6.54 Å². The molecule has 0 unspecified atom stereocenters. The Morgan fingerprint density at radius 1 is 1.64 bits per heavy atom. The minimum absolute atomic E-state index is 0.165. The topological polar surface area (TPSA) is 42.0 Å². The number of carbonyl (C=O) groups excluding carboxylic acids is 1. The van der Waals surface area contributed by atoms with Crippen LogP contribution < -0.4 is 5.32 Å². The number of nitrogens with zero attached hydrogens (tertiary/aromatic N) is 1. The van der Waals surface area contributed by atoms with Crippen LogP contribution in [0.15, 0.2) is 22.9 Å². The lowest BCUT2D eigenvalue weighted by atomic mass is 10.3. The van der Waals surface area contributed by atoms with Crippen molar-refractivity contribution in [1.82, 2.24) is 10.3 Å².